The molecule has 0 amide bonds. The zero-order valence-electron chi connectivity index (χ0n) is 13.8. The third-order valence-corrected chi connectivity index (χ3v) is 4.09. The standard InChI is InChI=1S/C21H25NO2/c22-20(14-18-10-5-2-6-11-18)21(24)15-19(16-23)13-7-12-17-8-3-1-4-9-17/h1-12,16,19-21,24H,13-15,22H2/b12-7+. The van der Waals surface area contributed by atoms with Gasteiger partial charge >= 0.3 is 0 Å². The molecule has 0 bridgehead atoms. The van der Waals surface area contributed by atoms with Crippen LogP contribution >= 0.6 is 0 Å². The Bertz CT molecular complexity index is 625. The number of allylic oxidation sites excluding steroid dienone is 1. The summed E-state index contributed by atoms with van der Waals surface area (Å²) in [7, 11) is 0. The predicted molar refractivity (Wildman–Crippen MR) is 98.4 cm³/mol. The molecule has 0 aromatic heterocycles. The van der Waals surface area contributed by atoms with Gasteiger partial charge in [-0.3, -0.25) is 0 Å². The monoisotopic (exact) mass is 323 g/mol. The van der Waals surface area contributed by atoms with Gasteiger partial charge in [-0.05, 0) is 30.4 Å². The van der Waals surface area contributed by atoms with Gasteiger partial charge in [0.15, 0.2) is 0 Å². The van der Waals surface area contributed by atoms with E-state index in [2.05, 4.69) is 0 Å². The second-order valence-electron chi connectivity index (χ2n) is 6.10. The highest BCUT2D eigenvalue weighted by Gasteiger charge is 2.19. The van der Waals surface area contributed by atoms with Crippen molar-refractivity contribution in [2.45, 2.75) is 31.4 Å². The topological polar surface area (TPSA) is 63.3 Å². The highest BCUT2D eigenvalue weighted by molar-refractivity contribution is 5.55. The lowest BCUT2D eigenvalue weighted by Gasteiger charge is -2.21. The van der Waals surface area contributed by atoms with Gasteiger partial charge in [-0.15, -0.1) is 0 Å². The fourth-order valence-electron chi connectivity index (χ4n) is 2.66. The van der Waals surface area contributed by atoms with Crippen LogP contribution in [0.4, 0.5) is 0 Å². The van der Waals surface area contributed by atoms with Crippen LogP contribution in [-0.4, -0.2) is 23.5 Å². The van der Waals surface area contributed by atoms with Crippen molar-refractivity contribution >= 4 is 12.4 Å². The summed E-state index contributed by atoms with van der Waals surface area (Å²) < 4.78 is 0. The van der Waals surface area contributed by atoms with E-state index >= 15 is 0 Å². The van der Waals surface area contributed by atoms with Crippen LogP contribution < -0.4 is 5.73 Å². The molecule has 3 atom stereocenters. The number of benzene rings is 2. The van der Waals surface area contributed by atoms with Crippen molar-refractivity contribution in [2.24, 2.45) is 11.7 Å². The highest BCUT2D eigenvalue weighted by Crippen LogP contribution is 2.15. The fraction of sp³-hybridized carbons (Fsp3) is 0.286. The largest absolute Gasteiger partial charge is 0.391 e. The lowest BCUT2D eigenvalue weighted by molar-refractivity contribution is -0.112. The molecule has 0 aliphatic carbocycles. The molecule has 0 saturated heterocycles. The van der Waals surface area contributed by atoms with Crippen molar-refractivity contribution in [3.8, 4) is 0 Å². The van der Waals surface area contributed by atoms with Crippen molar-refractivity contribution in [3.63, 3.8) is 0 Å². The van der Waals surface area contributed by atoms with E-state index in [1.807, 2.05) is 72.8 Å². The van der Waals surface area contributed by atoms with Crippen molar-refractivity contribution in [1.82, 2.24) is 0 Å². The van der Waals surface area contributed by atoms with Crippen molar-refractivity contribution in [3.05, 3.63) is 77.9 Å². The minimum absolute atomic E-state index is 0.221. The maximum atomic E-state index is 11.3. The number of nitrogens with two attached hydrogens (primary N) is 1. The van der Waals surface area contributed by atoms with Crippen LogP contribution in [0, 0.1) is 5.92 Å². The molecule has 0 fully saturated rings. The van der Waals surface area contributed by atoms with Gasteiger partial charge in [-0.1, -0.05) is 72.8 Å². The van der Waals surface area contributed by atoms with Gasteiger partial charge < -0.3 is 15.6 Å². The van der Waals surface area contributed by atoms with Gasteiger partial charge in [0.1, 0.15) is 6.29 Å². The normalized spacial score (nSPS) is 15.1. The van der Waals surface area contributed by atoms with E-state index in [1.165, 1.54) is 0 Å². The van der Waals surface area contributed by atoms with E-state index in [0.717, 1.165) is 17.4 Å². The van der Waals surface area contributed by atoms with Crippen LogP contribution in [-0.2, 0) is 11.2 Å². The van der Waals surface area contributed by atoms with Crippen LogP contribution in [0.25, 0.3) is 6.08 Å². The average molecular weight is 323 g/mol. The highest BCUT2D eigenvalue weighted by atomic mass is 16.3. The first kappa shape index (κ1) is 18.1. The smallest absolute Gasteiger partial charge is 0.123 e. The Labute approximate surface area is 143 Å². The molecule has 0 radical (unpaired) electrons. The van der Waals surface area contributed by atoms with Gasteiger partial charge in [-0.25, -0.2) is 0 Å². The van der Waals surface area contributed by atoms with E-state index < -0.39 is 6.10 Å². The zero-order chi connectivity index (χ0) is 17.2. The molecule has 3 N–H and O–H groups in total. The molecule has 2 rings (SSSR count). The molecule has 0 heterocycles. The maximum Gasteiger partial charge on any atom is 0.123 e. The second kappa shape index (κ2) is 9.81. The van der Waals surface area contributed by atoms with Crippen LogP contribution in [0.5, 0.6) is 0 Å². The molecule has 0 saturated carbocycles. The number of carbonyl (C=O) groups excluding carboxylic acids is 1. The summed E-state index contributed by atoms with van der Waals surface area (Å²) in [6, 6.07) is 19.4. The summed E-state index contributed by atoms with van der Waals surface area (Å²) in [5.74, 6) is -0.221. The SMILES string of the molecule is NC(Cc1ccccc1)C(O)CC(C=O)C/C=C/c1ccccc1. The summed E-state index contributed by atoms with van der Waals surface area (Å²) in [6.07, 6.45) is 5.78. The van der Waals surface area contributed by atoms with E-state index in [-0.39, 0.29) is 12.0 Å². The molecule has 3 nitrogen and oxygen atoms in total. The number of aliphatic hydroxyl groups excluding tert-OH is 1. The first-order valence-corrected chi connectivity index (χ1v) is 8.33. The molecule has 3 heteroatoms. The Morgan fingerprint density at radius 2 is 1.62 bits per heavy atom. The first-order chi connectivity index (χ1) is 11.7. The van der Waals surface area contributed by atoms with Gasteiger partial charge in [-0.2, -0.15) is 0 Å². The molecule has 24 heavy (non-hydrogen) atoms. The maximum absolute atomic E-state index is 11.3. The Morgan fingerprint density at radius 1 is 1.00 bits per heavy atom. The summed E-state index contributed by atoms with van der Waals surface area (Å²) in [6.45, 7) is 0. The summed E-state index contributed by atoms with van der Waals surface area (Å²) >= 11 is 0. The van der Waals surface area contributed by atoms with Crippen molar-refractivity contribution < 1.29 is 9.90 Å². The number of hydrogen-bond donors (Lipinski definition) is 2. The minimum atomic E-state index is -0.689. The Kier molecular flexibility index (Phi) is 7.40. The van der Waals surface area contributed by atoms with E-state index in [9.17, 15) is 9.90 Å². The number of carbonyl (C=O) groups is 1. The van der Waals surface area contributed by atoms with E-state index in [4.69, 9.17) is 5.73 Å². The predicted octanol–water partition coefficient (Wildman–Crippen LogP) is 3.23. The lowest BCUT2D eigenvalue weighted by atomic mass is 9.92. The van der Waals surface area contributed by atoms with Crippen LogP contribution in [0.2, 0.25) is 0 Å². The average Bonchev–Trinajstić information content (AvgIpc) is 2.62. The molecule has 3 unspecified atom stereocenters. The molecule has 126 valence electrons. The van der Waals surface area contributed by atoms with Crippen LogP contribution in [0.1, 0.15) is 24.0 Å². The quantitative estimate of drug-likeness (QED) is 0.696. The molecule has 2 aromatic rings. The lowest BCUT2D eigenvalue weighted by Crippen LogP contribution is -2.38. The molecular weight excluding hydrogens is 298 g/mol. The first-order valence-electron chi connectivity index (χ1n) is 8.33. The van der Waals surface area contributed by atoms with Crippen LogP contribution in [0.3, 0.4) is 0 Å². The van der Waals surface area contributed by atoms with Crippen molar-refractivity contribution in [2.75, 3.05) is 0 Å². The van der Waals surface area contributed by atoms with E-state index in [0.29, 0.717) is 19.3 Å². The molecular formula is C21H25NO2. The zero-order valence-corrected chi connectivity index (χ0v) is 13.8. The Balaban J connectivity index is 1.82. The second-order valence-corrected chi connectivity index (χ2v) is 6.10. The third kappa shape index (κ3) is 6.11. The number of aliphatic hydroxyl groups is 1. The molecule has 0 aliphatic rings. The summed E-state index contributed by atoms with van der Waals surface area (Å²) in [4.78, 5) is 11.3. The summed E-state index contributed by atoms with van der Waals surface area (Å²) in [5.41, 5.74) is 8.28. The fourth-order valence-corrected chi connectivity index (χ4v) is 2.66. The third-order valence-electron chi connectivity index (χ3n) is 4.09. The van der Waals surface area contributed by atoms with Gasteiger partial charge in [0.2, 0.25) is 0 Å². The summed E-state index contributed by atoms with van der Waals surface area (Å²) in [5, 5.41) is 10.3. The van der Waals surface area contributed by atoms with Gasteiger partial charge in [0, 0.05) is 12.0 Å². The van der Waals surface area contributed by atoms with E-state index in [1.54, 1.807) is 0 Å². The molecule has 0 aliphatic heterocycles. The minimum Gasteiger partial charge on any atom is -0.391 e. The number of hydrogen-bond acceptors (Lipinski definition) is 3. The Hall–Kier alpha value is -2.23. The number of aldehydes is 1. The Morgan fingerprint density at radius 3 is 2.25 bits per heavy atom. The van der Waals surface area contributed by atoms with Crippen LogP contribution in [0.15, 0.2) is 66.7 Å². The van der Waals surface area contributed by atoms with Gasteiger partial charge in [0.25, 0.3) is 0 Å². The number of rotatable bonds is 9. The molecule has 2 aromatic carbocycles. The molecule has 0 spiro atoms. The van der Waals surface area contributed by atoms with Crippen molar-refractivity contribution in [1.29, 1.82) is 0 Å². The van der Waals surface area contributed by atoms with Gasteiger partial charge in [0.05, 0.1) is 6.10 Å².